The maximum absolute atomic E-state index is 12.9. The van der Waals surface area contributed by atoms with Crippen molar-refractivity contribution in [2.45, 2.75) is 6.04 Å². The molecule has 0 bridgehead atoms. The molecule has 1 atom stereocenters. The number of hydrogen-bond acceptors (Lipinski definition) is 6. The molecule has 1 heterocycles. The summed E-state index contributed by atoms with van der Waals surface area (Å²) < 4.78 is 15.9. The number of methoxy groups -OCH3 is 2. The Kier molecular flexibility index (Phi) is 7.10. The van der Waals surface area contributed by atoms with Crippen molar-refractivity contribution in [1.82, 2.24) is 4.90 Å². The third-order valence-corrected chi connectivity index (χ3v) is 4.98. The van der Waals surface area contributed by atoms with Crippen LogP contribution in [0.15, 0.2) is 66.8 Å². The number of carbonyl (C=O) groups is 2. The van der Waals surface area contributed by atoms with Crippen LogP contribution in [0.5, 0.6) is 11.5 Å². The molecule has 2 aromatic carbocycles. The Balaban J connectivity index is 2.08. The number of Topliss-reactive ketones (excluding diaryl/α,β-unsaturated/α-hetero) is 1. The number of amides is 1. The number of nitrogens with zero attached hydrogens (tertiary/aromatic N) is 1. The minimum absolute atomic E-state index is 0.0223. The predicted octanol–water partition coefficient (Wildman–Crippen LogP) is 3.33. The molecule has 1 saturated heterocycles. The van der Waals surface area contributed by atoms with Crippen molar-refractivity contribution < 1.29 is 28.9 Å². The van der Waals surface area contributed by atoms with Gasteiger partial charge in [-0.05, 0) is 42.0 Å². The Morgan fingerprint density at radius 2 is 1.87 bits per heavy atom. The topological polar surface area (TPSA) is 85.3 Å². The van der Waals surface area contributed by atoms with E-state index in [0.717, 1.165) is 0 Å². The van der Waals surface area contributed by atoms with Crippen LogP contribution in [-0.4, -0.2) is 55.7 Å². The third kappa shape index (κ3) is 4.62. The van der Waals surface area contributed by atoms with Crippen LogP contribution in [0.2, 0.25) is 0 Å². The van der Waals surface area contributed by atoms with Gasteiger partial charge in [0.2, 0.25) is 0 Å². The summed E-state index contributed by atoms with van der Waals surface area (Å²) in [5.74, 6) is -0.494. The highest BCUT2D eigenvalue weighted by Crippen LogP contribution is 2.40. The number of benzene rings is 2. The fourth-order valence-electron chi connectivity index (χ4n) is 3.48. The molecule has 7 heteroatoms. The van der Waals surface area contributed by atoms with Gasteiger partial charge < -0.3 is 24.2 Å². The number of hydrogen-bond donors (Lipinski definition) is 1. The van der Waals surface area contributed by atoms with E-state index in [0.29, 0.717) is 29.2 Å². The molecule has 0 aliphatic carbocycles. The van der Waals surface area contributed by atoms with Gasteiger partial charge in [0.25, 0.3) is 11.7 Å². The highest BCUT2D eigenvalue weighted by atomic mass is 16.5. The Morgan fingerprint density at radius 1 is 1.13 bits per heavy atom. The first-order valence-electron chi connectivity index (χ1n) is 9.77. The van der Waals surface area contributed by atoms with Crippen molar-refractivity contribution >= 4 is 17.4 Å². The second kappa shape index (κ2) is 9.95. The molecule has 1 fully saturated rings. The zero-order chi connectivity index (χ0) is 22.4. The number of aliphatic hydroxyl groups excluding tert-OH is 1. The first-order chi connectivity index (χ1) is 15.0. The van der Waals surface area contributed by atoms with Gasteiger partial charge in [-0.15, -0.1) is 0 Å². The van der Waals surface area contributed by atoms with Gasteiger partial charge >= 0.3 is 0 Å². The second-order valence-electron chi connectivity index (χ2n) is 6.89. The lowest BCUT2D eigenvalue weighted by Crippen LogP contribution is -2.32. The van der Waals surface area contributed by atoms with Gasteiger partial charge in [-0.3, -0.25) is 9.59 Å². The van der Waals surface area contributed by atoms with Crippen LogP contribution in [-0.2, 0) is 14.3 Å². The zero-order valence-corrected chi connectivity index (χ0v) is 17.5. The molecule has 0 saturated carbocycles. The van der Waals surface area contributed by atoms with Crippen molar-refractivity contribution in [3.8, 4) is 11.5 Å². The lowest BCUT2D eigenvalue weighted by Gasteiger charge is -2.25. The van der Waals surface area contributed by atoms with Crippen LogP contribution in [0.3, 0.4) is 0 Å². The predicted molar refractivity (Wildman–Crippen MR) is 116 cm³/mol. The molecule has 0 radical (unpaired) electrons. The highest BCUT2D eigenvalue weighted by Gasteiger charge is 2.45. The molecule has 2 aromatic rings. The number of carbonyl (C=O) groups excluding carboxylic acids is 2. The summed E-state index contributed by atoms with van der Waals surface area (Å²) >= 11 is 0. The minimum Gasteiger partial charge on any atom is -0.507 e. The summed E-state index contributed by atoms with van der Waals surface area (Å²) in [5.41, 5.74) is 1.08. The first kappa shape index (κ1) is 22.1. The summed E-state index contributed by atoms with van der Waals surface area (Å²) in [4.78, 5) is 27.1. The van der Waals surface area contributed by atoms with Crippen molar-refractivity contribution in [3.63, 3.8) is 0 Å². The average Bonchev–Trinajstić information content (AvgIpc) is 3.06. The Labute approximate surface area is 181 Å². The Bertz CT molecular complexity index is 995. The van der Waals surface area contributed by atoms with E-state index in [2.05, 4.69) is 6.58 Å². The maximum atomic E-state index is 12.9. The van der Waals surface area contributed by atoms with Gasteiger partial charge in [0, 0.05) is 19.2 Å². The molecule has 3 rings (SSSR count). The highest BCUT2D eigenvalue weighted by molar-refractivity contribution is 6.46. The normalized spacial score (nSPS) is 17.6. The van der Waals surface area contributed by atoms with Crippen LogP contribution < -0.4 is 9.47 Å². The maximum Gasteiger partial charge on any atom is 0.295 e. The molecule has 0 spiro atoms. The Morgan fingerprint density at radius 3 is 2.52 bits per heavy atom. The summed E-state index contributed by atoms with van der Waals surface area (Å²) in [7, 11) is 3.06. The third-order valence-electron chi connectivity index (χ3n) is 4.98. The average molecular weight is 423 g/mol. The van der Waals surface area contributed by atoms with Crippen LogP contribution in [0, 0.1) is 0 Å². The lowest BCUT2D eigenvalue weighted by molar-refractivity contribution is -0.140. The number of likely N-dealkylation sites (tertiary alicyclic amines) is 1. The monoisotopic (exact) mass is 423 g/mol. The smallest absolute Gasteiger partial charge is 0.295 e. The standard InChI is InChI=1S/C24H25NO6/c1-4-13-31-18-10-8-16(9-11-18)22(26)20-21(17-6-5-7-19(15-17)30-3)25(12-14-29-2)24(28)23(20)27/h4-11,15,21,26H,1,12-14H2,2-3H3/t21-/m0/s1. The molecule has 1 aliphatic heterocycles. The van der Waals surface area contributed by atoms with Crippen molar-refractivity contribution in [2.75, 3.05) is 34.0 Å². The first-order valence-corrected chi connectivity index (χ1v) is 9.77. The molecule has 31 heavy (non-hydrogen) atoms. The molecule has 7 nitrogen and oxygen atoms in total. The van der Waals surface area contributed by atoms with E-state index in [1.54, 1.807) is 54.6 Å². The number of rotatable bonds is 9. The fraction of sp³-hybridized carbons (Fsp3) is 0.250. The molecule has 162 valence electrons. The van der Waals surface area contributed by atoms with Crippen LogP contribution in [0.4, 0.5) is 0 Å². The molecular weight excluding hydrogens is 398 g/mol. The summed E-state index contributed by atoms with van der Waals surface area (Å²) in [6, 6.07) is 13.0. The summed E-state index contributed by atoms with van der Waals surface area (Å²) in [6.07, 6.45) is 1.63. The van der Waals surface area contributed by atoms with Crippen LogP contribution in [0.1, 0.15) is 17.2 Å². The van der Waals surface area contributed by atoms with E-state index in [4.69, 9.17) is 14.2 Å². The number of ether oxygens (including phenoxy) is 3. The van der Waals surface area contributed by atoms with Gasteiger partial charge in [-0.1, -0.05) is 24.8 Å². The van der Waals surface area contributed by atoms with E-state index < -0.39 is 17.7 Å². The molecular formula is C24H25NO6. The largest absolute Gasteiger partial charge is 0.507 e. The molecule has 0 unspecified atom stereocenters. The van der Waals surface area contributed by atoms with Crippen LogP contribution in [0.25, 0.3) is 5.76 Å². The summed E-state index contributed by atoms with van der Waals surface area (Å²) in [6.45, 7) is 4.41. The number of aliphatic hydroxyl groups is 1. The van der Waals surface area contributed by atoms with E-state index in [9.17, 15) is 14.7 Å². The van der Waals surface area contributed by atoms with Gasteiger partial charge in [0.15, 0.2) is 0 Å². The summed E-state index contributed by atoms with van der Waals surface area (Å²) in [5, 5.41) is 11.0. The minimum atomic E-state index is -0.762. The van der Waals surface area contributed by atoms with Gasteiger partial charge in [-0.25, -0.2) is 0 Å². The van der Waals surface area contributed by atoms with Gasteiger partial charge in [0.05, 0.1) is 25.3 Å². The quantitative estimate of drug-likeness (QED) is 0.288. The SMILES string of the molecule is C=CCOc1ccc(C(O)=C2C(=O)C(=O)N(CCOC)[C@H]2c2cccc(OC)c2)cc1. The zero-order valence-electron chi connectivity index (χ0n) is 17.5. The van der Waals surface area contributed by atoms with E-state index in [-0.39, 0.29) is 24.5 Å². The van der Waals surface area contributed by atoms with Crippen molar-refractivity contribution in [3.05, 3.63) is 77.9 Å². The number of ketones is 1. The van der Waals surface area contributed by atoms with Crippen molar-refractivity contribution in [1.29, 1.82) is 0 Å². The van der Waals surface area contributed by atoms with E-state index in [1.807, 2.05) is 0 Å². The Hall–Kier alpha value is -3.58. The van der Waals surface area contributed by atoms with Crippen LogP contribution >= 0.6 is 0 Å². The fourth-order valence-corrected chi connectivity index (χ4v) is 3.48. The van der Waals surface area contributed by atoms with Gasteiger partial charge in [-0.2, -0.15) is 0 Å². The van der Waals surface area contributed by atoms with E-state index in [1.165, 1.54) is 19.1 Å². The molecule has 1 N–H and O–H groups in total. The molecule has 0 aromatic heterocycles. The molecule has 1 amide bonds. The van der Waals surface area contributed by atoms with Gasteiger partial charge in [0.1, 0.15) is 23.9 Å². The lowest BCUT2D eigenvalue weighted by atomic mass is 9.95. The van der Waals surface area contributed by atoms with E-state index >= 15 is 0 Å². The van der Waals surface area contributed by atoms with Crippen molar-refractivity contribution in [2.24, 2.45) is 0 Å². The second-order valence-corrected chi connectivity index (χ2v) is 6.89. The molecule has 1 aliphatic rings.